The van der Waals surface area contributed by atoms with Gasteiger partial charge in [-0.1, -0.05) is 25.5 Å². The van der Waals surface area contributed by atoms with E-state index in [4.69, 9.17) is 4.74 Å². The number of amides is 3. The molecule has 42 heavy (non-hydrogen) atoms. The molecule has 224 valence electrons. The number of nitrogens with zero attached hydrogens (tertiary/aromatic N) is 5. The summed E-state index contributed by atoms with van der Waals surface area (Å²) in [4.78, 5) is 49.8. The SMILES string of the molecule is CCCCc1ncc(/C=C2/C(=O)N(CCCC(F)(F)F)C(=O)N2Cc2csc(C)n2)n1Cc1ccc(C(=O)OC)cc1. The number of unbranched alkanes of at least 4 members (excludes halogenated alkanes) is 1. The number of carbonyl (C=O) groups is 3. The summed E-state index contributed by atoms with van der Waals surface area (Å²) < 4.78 is 45.1. The molecule has 3 aromatic rings. The Morgan fingerprint density at radius 3 is 2.45 bits per heavy atom. The highest BCUT2D eigenvalue weighted by Gasteiger charge is 2.41. The summed E-state index contributed by atoms with van der Waals surface area (Å²) >= 11 is 1.40. The van der Waals surface area contributed by atoms with E-state index in [2.05, 4.69) is 16.9 Å². The van der Waals surface area contributed by atoms with E-state index >= 15 is 0 Å². The van der Waals surface area contributed by atoms with E-state index in [0.29, 0.717) is 29.9 Å². The fourth-order valence-electron chi connectivity index (χ4n) is 4.61. The van der Waals surface area contributed by atoms with Crippen molar-refractivity contribution in [2.45, 2.75) is 65.2 Å². The van der Waals surface area contributed by atoms with Crippen LogP contribution >= 0.6 is 11.3 Å². The first-order chi connectivity index (χ1) is 20.0. The van der Waals surface area contributed by atoms with Crippen molar-refractivity contribution in [2.24, 2.45) is 0 Å². The van der Waals surface area contributed by atoms with E-state index in [0.717, 1.165) is 34.1 Å². The number of ether oxygens (including phenoxy) is 1. The lowest BCUT2D eigenvalue weighted by Crippen LogP contribution is -2.34. The number of imidazole rings is 1. The van der Waals surface area contributed by atoms with E-state index in [1.165, 1.54) is 23.3 Å². The van der Waals surface area contributed by atoms with Gasteiger partial charge in [-0.2, -0.15) is 13.2 Å². The van der Waals surface area contributed by atoms with Crippen LogP contribution in [-0.2, 0) is 29.0 Å². The van der Waals surface area contributed by atoms with Gasteiger partial charge in [0.2, 0.25) is 0 Å². The fraction of sp³-hybridized carbons (Fsp3) is 0.414. The molecule has 1 saturated heterocycles. The van der Waals surface area contributed by atoms with Crippen molar-refractivity contribution in [3.8, 4) is 0 Å². The number of hydrogen-bond donors (Lipinski definition) is 0. The Balaban J connectivity index is 1.69. The zero-order valence-corrected chi connectivity index (χ0v) is 24.4. The summed E-state index contributed by atoms with van der Waals surface area (Å²) in [5.41, 5.74) is 2.46. The highest BCUT2D eigenvalue weighted by atomic mass is 32.1. The zero-order valence-electron chi connectivity index (χ0n) is 23.6. The van der Waals surface area contributed by atoms with Gasteiger partial charge in [0.15, 0.2) is 0 Å². The predicted octanol–water partition coefficient (Wildman–Crippen LogP) is 5.97. The number of esters is 1. The topological polar surface area (TPSA) is 97.6 Å². The lowest BCUT2D eigenvalue weighted by Gasteiger charge is -2.17. The van der Waals surface area contributed by atoms with E-state index in [9.17, 15) is 27.6 Å². The molecular formula is C29H32F3N5O4S. The first-order valence-corrected chi connectivity index (χ1v) is 14.4. The Morgan fingerprint density at radius 1 is 1.10 bits per heavy atom. The van der Waals surface area contributed by atoms with Gasteiger partial charge in [-0.05, 0) is 43.5 Å². The Bertz CT molecular complexity index is 1460. The number of methoxy groups -OCH3 is 1. The standard InChI is InChI=1S/C29H32F3N5O4S/c1-4-5-7-25-33-15-23(36(25)16-20-8-10-21(11-9-20)27(39)41-3)14-24-26(38)35(13-6-12-29(30,31)32)28(40)37(24)17-22-18-42-19(2)34-22/h8-11,14-15,18H,4-7,12-13,16-17H2,1-3H3/b24-14-. The number of carbonyl (C=O) groups excluding carboxylic acids is 3. The first-order valence-electron chi connectivity index (χ1n) is 13.5. The number of rotatable bonds is 12. The van der Waals surface area contributed by atoms with Crippen molar-refractivity contribution >= 4 is 35.3 Å². The second kappa shape index (κ2) is 13.3. The van der Waals surface area contributed by atoms with Gasteiger partial charge in [0.25, 0.3) is 5.91 Å². The highest BCUT2D eigenvalue weighted by molar-refractivity contribution is 7.09. The van der Waals surface area contributed by atoms with Gasteiger partial charge < -0.3 is 9.30 Å². The number of halogens is 3. The number of benzene rings is 1. The van der Waals surface area contributed by atoms with Crippen LogP contribution in [0, 0.1) is 6.92 Å². The Labute approximate surface area is 245 Å². The van der Waals surface area contributed by atoms with Crippen LogP contribution in [0.1, 0.15) is 70.7 Å². The van der Waals surface area contributed by atoms with E-state index in [1.54, 1.807) is 41.9 Å². The van der Waals surface area contributed by atoms with E-state index in [-0.39, 0.29) is 18.8 Å². The molecule has 0 atom stereocenters. The van der Waals surface area contributed by atoms with Crippen molar-refractivity contribution in [2.75, 3.05) is 13.7 Å². The third kappa shape index (κ3) is 7.44. The van der Waals surface area contributed by atoms with Crippen molar-refractivity contribution < 1.29 is 32.3 Å². The molecule has 1 aromatic carbocycles. The molecule has 0 saturated carbocycles. The maximum atomic E-state index is 13.5. The molecule has 13 heteroatoms. The molecule has 0 unspecified atom stereocenters. The van der Waals surface area contributed by atoms with Crippen LogP contribution in [0.2, 0.25) is 0 Å². The molecule has 1 fully saturated rings. The summed E-state index contributed by atoms with van der Waals surface area (Å²) in [5.74, 6) is -0.335. The average Bonchev–Trinajstić information content (AvgIpc) is 3.60. The lowest BCUT2D eigenvalue weighted by molar-refractivity contribution is -0.137. The Hall–Kier alpha value is -4.00. The van der Waals surface area contributed by atoms with Crippen LogP contribution in [0.25, 0.3) is 6.08 Å². The molecular weight excluding hydrogens is 571 g/mol. The quantitative estimate of drug-likeness (QED) is 0.144. The summed E-state index contributed by atoms with van der Waals surface area (Å²) in [6.45, 7) is 3.91. The second-order valence-corrected chi connectivity index (χ2v) is 11.0. The maximum absolute atomic E-state index is 13.5. The highest BCUT2D eigenvalue weighted by Crippen LogP contribution is 2.29. The molecule has 1 aliphatic heterocycles. The smallest absolute Gasteiger partial charge is 0.389 e. The van der Waals surface area contributed by atoms with Crippen LogP contribution in [0.4, 0.5) is 18.0 Å². The van der Waals surface area contributed by atoms with Gasteiger partial charge in [0.1, 0.15) is 11.5 Å². The lowest BCUT2D eigenvalue weighted by atomic mass is 10.1. The van der Waals surface area contributed by atoms with Crippen molar-refractivity contribution in [1.82, 2.24) is 24.3 Å². The number of aryl methyl sites for hydroxylation is 2. The normalized spacial score (nSPS) is 14.9. The van der Waals surface area contributed by atoms with Gasteiger partial charge in [-0.3, -0.25) is 14.6 Å². The Kier molecular flexibility index (Phi) is 9.81. The minimum Gasteiger partial charge on any atom is -0.465 e. The second-order valence-electron chi connectivity index (χ2n) is 9.91. The number of aromatic nitrogens is 3. The number of urea groups is 1. The van der Waals surface area contributed by atoms with Gasteiger partial charge in [-0.15, -0.1) is 11.3 Å². The average molecular weight is 604 g/mol. The summed E-state index contributed by atoms with van der Waals surface area (Å²) in [5, 5.41) is 2.56. The van der Waals surface area contributed by atoms with Crippen molar-refractivity contribution in [3.05, 3.63) is 74.9 Å². The fourth-order valence-corrected chi connectivity index (χ4v) is 5.21. The molecule has 3 heterocycles. The van der Waals surface area contributed by atoms with E-state index in [1.807, 2.05) is 11.5 Å². The monoisotopic (exact) mass is 603 g/mol. The molecule has 3 amide bonds. The molecule has 0 aliphatic carbocycles. The summed E-state index contributed by atoms with van der Waals surface area (Å²) in [6.07, 6.45) is -0.192. The van der Waals surface area contributed by atoms with Gasteiger partial charge in [0.05, 0.1) is 41.8 Å². The van der Waals surface area contributed by atoms with Crippen LogP contribution < -0.4 is 0 Å². The van der Waals surface area contributed by atoms with Crippen molar-refractivity contribution in [3.63, 3.8) is 0 Å². The van der Waals surface area contributed by atoms with Crippen molar-refractivity contribution in [1.29, 1.82) is 0 Å². The molecule has 0 spiro atoms. The van der Waals surface area contributed by atoms with Gasteiger partial charge in [-0.25, -0.2) is 19.6 Å². The summed E-state index contributed by atoms with van der Waals surface area (Å²) in [7, 11) is 1.31. The summed E-state index contributed by atoms with van der Waals surface area (Å²) in [6, 6.07) is 6.25. The van der Waals surface area contributed by atoms with Gasteiger partial charge >= 0.3 is 18.2 Å². The predicted molar refractivity (Wildman–Crippen MR) is 150 cm³/mol. The number of thiazole rings is 1. The zero-order chi connectivity index (χ0) is 30.4. The number of alkyl halides is 3. The molecule has 9 nitrogen and oxygen atoms in total. The van der Waals surface area contributed by atoms with Crippen LogP contribution in [0.3, 0.4) is 0 Å². The number of imide groups is 1. The third-order valence-electron chi connectivity index (χ3n) is 6.77. The van der Waals surface area contributed by atoms with Gasteiger partial charge in [0, 0.05) is 31.3 Å². The number of hydrogen-bond acceptors (Lipinski definition) is 7. The third-order valence-corrected chi connectivity index (χ3v) is 7.59. The largest absolute Gasteiger partial charge is 0.465 e. The molecule has 0 radical (unpaired) electrons. The van der Waals surface area contributed by atoms with E-state index < -0.39 is 36.9 Å². The minimum atomic E-state index is -4.39. The Morgan fingerprint density at radius 2 is 1.83 bits per heavy atom. The molecule has 2 aromatic heterocycles. The molecule has 4 rings (SSSR count). The van der Waals surface area contributed by atoms with Crippen LogP contribution in [0.5, 0.6) is 0 Å². The molecule has 0 N–H and O–H groups in total. The van der Waals surface area contributed by atoms with Crippen LogP contribution in [0.15, 0.2) is 41.5 Å². The first kappa shape index (κ1) is 30.9. The molecule has 1 aliphatic rings. The maximum Gasteiger partial charge on any atom is 0.389 e. The van der Waals surface area contributed by atoms with Crippen LogP contribution in [-0.4, -0.2) is 62.1 Å². The minimum absolute atomic E-state index is 0.00232. The molecule has 0 bridgehead atoms.